The molecule has 0 N–H and O–H groups in total. The van der Waals surface area contributed by atoms with E-state index in [1.807, 2.05) is 24.6 Å². The highest BCUT2D eigenvalue weighted by Gasteiger charge is 2.24. The van der Waals surface area contributed by atoms with Crippen molar-refractivity contribution in [3.8, 4) is 0 Å². The molecule has 84 valence electrons. The maximum absolute atomic E-state index is 5.29. The van der Waals surface area contributed by atoms with Crippen LogP contribution in [0.3, 0.4) is 0 Å². The molecule has 4 nitrogen and oxygen atoms in total. The summed E-state index contributed by atoms with van der Waals surface area (Å²) in [5, 5.41) is 4.02. The summed E-state index contributed by atoms with van der Waals surface area (Å²) < 4.78 is 1.89. The number of aromatic nitrogens is 2. The van der Waals surface area contributed by atoms with Gasteiger partial charge in [0.15, 0.2) is 5.84 Å². The van der Waals surface area contributed by atoms with Crippen LogP contribution in [0.15, 0.2) is 23.9 Å². The van der Waals surface area contributed by atoms with Gasteiger partial charge in [-0.2, -0.15) is 0 Å². The summed E-state index contributed by atoms with van der Waals surface area (Å²) in [4.78, 5) is 9.25. The summed E-state index contributed by atoms with van der Waals surface area (Å²) in [6.45, 7) is 8.27. The van der Waals surface area contributed by atoms with Crippen LogP contribution >= 0.6 is 0 Å². The van der Waals surface area contributed by atoms with Crippen molar-refractivity contribution in [2.75, 3.05) is 0 Å². The Kier molecular flexibility index (Phi) is 4.34. The van der Waals surface area contributed by atoms with E-state index in [1.54, 1.807) is 12.5 Å². The molecule has 0 aromatic carbocycles. The average molecular weight is 209 g/mol. The van der Waals surface area contributed by atoms with Gasteiger partial charge in [-0.1, -0.05) is 32.9 Å². The Hall–Kier alpha value is -1.32. The van der Waals surface area contributed by atoms with E-state index in [9.17, 15) is 0 Å². The molecule has 1 atom stereocenters. The van der Waals surface area contributed by atoms with E-state index in [-0.39, 0.29) is 6.10 Å². The normalized spacial score (nSPS) is 19.3. The second kappa shape index (κ2) is 5.53. The van der Waals surface area contributed by atoms with Crippen LogP contribution in [0.25, 0.3) is 0 Å². The minimum absolute atomic E-state index is 0.220. The van der Waals surface area contributed by atoms with Gasteiger partial charge < -0.3 is 4.84 Å². The number of hydrogen-bond acceptors (Lipinski definition) is 3. The first-order valence-electron chi connectivity index (χ1n) is 5.48. The zero-order valence-corrected chi connectivity index (χ0v) is 9.84. The Labute approximate surface area is 91.0 Å². The van der Waals surface area contributed by atoms with Gasteiger partial charge >= 0.3 is 0 Å². The van der Waals surface area contributed by atoms with Crippen molar-refractivity contribution < 1.29 is 4.84 Å². The second-order valence-corrected chi connectivity index (χ2v) is 3.57. The highest BCUT2D eigenvalue weighted by Crippen LogP contribution is 2.18. The molecule has 4 heteroatoms. The van der Waals surface area contributed by atoms with Crippen LogP contribution in [0.4, 0.5) is 0 Å². The molecular formula is C11H19N3O. The molecule has 0 radical (unpaired) electrons. The number of nitrogens with zero attached hydrogens (tertiary/aromatic N) is 3. The molecule has 0 fully saturated rings. The SMILES string of the molecule is CC.CC(C)C1CC(n2ccnc2)=NO1. The van der Waals surface area contributed by atoms with Gasteiger partial charge in [0.2, 0.25) is 0 Å². The zero-order chi connectivity index (χ0) is 11.3. The highest BCUT2D eigenvalue weighted by atomic mass is 16.6. The van der Waals surface area contributed by atoms with E-state index in [0.29, 0.717) is 5.92 Å². The van der Waals surface area contributed by atoms with E-state index >= 15 is 0 Å². The van der Waals surface area contributed by atoms with Gasteiger partial charge in [-0.05, 0) is 5.92 Å². The zero-order valence-electron chi connectivity index (χ0n) is 9.84. The quantitative estimate of drug-likeness (QED) is 0.713. The minimum atomic E-state index is 0.220. The van der Waals surface area contributed by atoms with Crippen LogP contribution < -0.4 is 0 Å². The molecule has 1 aromatic rings. The van der Waals surface area contributed by atoms with Crippen molar-refractivity contribution in [2.45, 2.75) is 40.2 Å². The fourth-order valence-electron chi connectivity index (χ4n) is 1.30. The lowest BCUT2D eigenvalue weighted by Crippen LogP contribution is -2.17. The van der Waals surface area contributed by atoms with Crippen LogP contribution in [0.1, 0.15) is 34.1 Å². The van der Waals surface area contributed by atoms with Crippen molar-refractivity contribution in [3.63, 3.8) is 0 Å². The van der Waals surface area contributed by atoms with Crippen LogP contribution in [0, 0.1) is 5.92 Å². The summed E-state index contributed by atoms with van der Waals surface area (Å²) >= 11 is 0. The van der Waals surface area contributed by atoms with E-state index in [1.165, 1.54) is 0 Å². The summed E-state index contributed by atoms with van der Waals surface area (Å²) in [5.74, 6) is 1.45. The number of hydrogen-bond donors (Lipinski definition) is 0. The van der Waals surface area contributed by atoms with Gasteiger partial charge in [-0.25, -0.2) is 4.98 Å². The number of imidazole rings is 1. The standard InChI is InChI=1S/C9H13N3O.C2H6/c1-7(2)8-5-9(11-13-8)12-4-3-10-6-12;1-2/h3-4,6-8H,5H2,1-2H3;1-2H3. The first-order chi connectivity index (χ1) is 7.27. The Bertz CT molecular complexity index is 304. The van der Waals surface area contributed by atoms with Crippen LogP contribution in [-0.2, 0) is 4.84 Å². The fraction of sp³-hybridized carbons (Fsp3) is 0.636. The third kappa shape index (κ3) is 2.81. The number of oxime groups is 1. The average Bonchev–Trinajstić information content (AvgIpc) is 2.91. The van der Waals surface area contributed by atoms with Crippen LogP contribution in [-0.4, -0.2) is 21.5 Å². The lowest BCUT2D eigenvalue weighted by Gasteiger charge is -2.10. The first kappa shape index (κ1) is 11.8. The van der Waals surface area contributed by atoms with E-state index in [0.717, 1.165) is 12.3 Å². The molecule has 1 aliphatic heterocycles. The van der Waals surface area contributed by atoms with Gasteiger partial charge in [-0.15, -0.1) is 0 Å². The largest absolute Gasteiger partial charge is 0.390 e. The minimum Gasteiger partial charge on any atom is -0.390 e. The molecule has 0 aliphatic carbocycles. The van der Waals surface area contributed by atoms with Crippen molar-refractivity contribution in [3.05, 3.63) is 18.7 Å². The predicted octanol–water partition coefficient (Wildman–Crippen LogP) is 2.52. The maximum atomic E-state index is 5.29. The van der Waals surface area contributed by atoms with Crippen molar-refractivity contribution in [2.24, 2.45) is 11.1 Å². The molecule has 0 saturated heterocycles. The van der Waals surface area contributed by atoms with Crippen molar-refractivity contribution in [1.29, 1.82) is 0 Å². The van der Waals surface area contributed by atoms with Gasteiger partial charge in [0, 0.05) is 18.8 Å². The molecule has 1 aromatic heterocycles. The second-order valence-electron chi connectivity index (χ2n) is 3.57. The van der Waals surface area contributed by atoms with Gasteiger partial charge in [-0.3, -0.25) is 4.57 Å². The lowest BCUT2D eigenvalue weighted by molar-refractivity contribution is 0.0521. The fourth-order valence-corrected chi connectivity index (χ4v) is 1.30. The molecule has 2 heterocycles. The van der Waals surface area contributed by atoms with Gasteiger partial charge in [0.05, 0.1) is 0 Å². The maximum Gasteiger partial charge on any atom is 0.157 e. The smallest absolute Gasteiger partial charge is 0.157 e. The summed E-state index contributed by atoms with van der Waals surface area (Å²) in [5.41, 5.74) is 0. The van der Waals surface area contributed by atoms with Gasteiger partial charge in [0.25, 0.3) is 0 Å². The van der Waals surface area contributed by atoms with Crippen LogP contribution in [0.5, 0.6) is 0 Å². The molecule has 0 bridgehead atoms. The molecule has 2 rings (SSSR count). The Morgan fingerprint density at radius 1 is 1.47 bits per heavy atom. The number of rotatable bonds is 1. The third-order valence-electron chi connectivity index (χ3n) is 2.22. The third-order valence-corrected chi connectivity index (χ3v) is 2.22. The summed E-state index contributed by atoms with van der Waals surface area (Å²) in [6.07, 6.45) is 6.45. The Morgan fingerprint density at radius 3 is 2.67 bits per heavy atom. The van der Waals surface area contributed by atoms with Gasteiger partial charge in [0.1, 0.15) is 12.4 Å². The molecule has 0 amide bonds. The molecule has 15 heavy (non-hydrogen) atoms. The van der Waals surface area contributed by atoms with E-state index in [2.05, 4.69) is 24.0 Å². The summed E-state index contributed by atoms with van der Waals surface area (Å²) in [6, 6.07) is 0. The highest BCUT2D eigenvalue weighted by molar-refractivity contribution is 5.85. The first-order valence-corrected chi connectivity index (χ1v) is 5.48. The molecule has 1 unspecified atom stereocenters. The molecular weight excluding hydrogens is 190 g/mol. The summed E-state index contributed by atoms with van der Waals surface area (Å²) in [7, 11) is 0. The Morgan fingerprint density at radius 2 is 2.20 bits per heavy atom. The monoisotopic (exact) mass is 209 g/mol. The topological polar surface area (TPSA) is 39.4 Å². The van der Waals surface area contributed by atoms with E-state index < -0.39 is 0 Å². The van der Waals surface area contributed by atoms with E-state index in [4.69, 9.17) is 4.84 Å². The predicted molar refractivity (Wildman–Crippen MR) is 60.7 cm³/mol. The molecule has 0 saturated carbocycles. The molecule has 1 aliphatic rings. The molecule has 0 spiro atoms. The van der Waals surface area contributed by atoms with Crippen molar-refractivity contribution >= 4 is 5.84 Å². The van der Waals surface area contributed by atoms with Crippen LogP contribution in [0.2, 0.25) is 0 Å². The van der Waals surface area contributed by atoms with Crippen molar-refractivity contribution in [1.82, 2.24) is 9.55 Å². The lowest BCUT2D eigenvalue weighted by atomic mass is 10.0. The Balaban J connectivity index is 0.000000531.